The Morgan fingerprint density at radius 2 is 2.06 bits per heavy atom. The van der Waals surface area contributed by atoms with Gasteiger partial charge >= 0.3 is 0 Å². The van der Waals surface area contributed by atoms with Gasteiger partial charge in [-0.05, 0) is 18.4 Å². The van der Waals surface area contributed by atoms with Crippen LogP contribution in [0.15, 0.2) is 18.2 Å². The normalized spacial score (nSPS) is 11.4. The van der Waals surface area contributed by atoms with Crippen molar-refractivity contribution in [2.24, 2.45) is 5.92 Å². The Bertz CT molecular complexity index is 364. The predicted molar refractivity (Wildman–Crippen MR) is 74.8 cm³/mol. The van der Waals surface area contributed by atoms with Gasteiger partial charge in [0.25, 0.3) is 0 Å². The SMILES string of the molecule is COCCN(Cc1cccc(C)c1O)CC(C)C. The minimum Gasteiger partial charge on any atom is -0.507 e. The number of hydrogen-bond donors (Lipinski definition) is 1. The van der Waals surface area contributed by atoms with E-state index < -0.39 is 0 Å². The molecule has 0 saturated carbocycles. The molecule has 102 valence electrons. The van der Waals surface area contributed by atoms with Crippen LogP contribution in [0.4, 0.5) is 0 Å². The number of hydrogen-bond acceptors (Lipinski definition) is 3. The lowest BCUT2D eigenvalue weighted by atomic mass is 10.1. The lowest BCUT2D eigenvalue weighted by Gasteiger charge is -2.24. The molecule has 1 aromatic carbocycles. The number of aromatic hydroxyl groups is 1. The summed E-state index contributed by atoms with van der Waals surface area (Å²) in [7, 11) is 1.72. The molecule has 1 N–H and O–H groups in total. The van der Waals surface area contributed by atoms with Gasteiger partial charge < -0.3 is 9.84 Å². The summed E-state index contributed by atoms with van der Waals surface area (Å²) in [6, 6.07) is 5.91. The largest absolute Gasteiger partial charge is 0.507 e. The molecule has 0 spiro atoms. The van der Waals surface area contributed by atoms with Crippen molar-refractivity contribution in [3.05, 3.63) is 29.3 Å². The van der Waals surface area contributed by atoms with Gasteiger partial charge in [-0.25, -0.2) is 0 Å². The molecule has 0 aliphatic carbocycles. The van der Waals surface area contributed by atoms with E-state index in [0.717, 1.165) is 37.4 Å². The zero-order valence-corrected chi connectivity index (χ0v) is 11.9. The fourth-order valence-electron chi connectivity index (χ4n) is 2.06. The Morgan fingerprint density at radius 1 is 1.33 bits per heavy atom. The Labute approximate surface area is 110 Å². The van der Waals surface area contributed by atoms with Gasteiger partial charge in [0.2, 0.25) is 0 Å². The molecule has 0 aliphatic rings. The quantitative estimate of drug-likeness (QED) is 0.809. The van der Waals surface area contributed by atoms with Gasteiger partial charge in [-0.3, -0.25) is 4.90 Å². The molecule has 0 aromatic heterocycles. The fraction of sp³-hybridized carbons (Fsp3) is 0.600. The van der Waals surface area contributed by atoms with Gasteiger partial charge in [-0.1, -0.05) is 32.0 Å². The van der Waals surface area contributed by atoms with Crippen LogP contribution in [0.5, 0.6) is 5.75 Å². The maximum absolute atomic E-state index is 10.0. The van der Waals surface area contributed by atoms with E-state index in [1.54, 1.807) is 7.11 Å². The predicted octanol–water partition coefficient (Wildman–Crippen LogP) is 2.81. The second kappa shape index (κ2) is 7.39. The highest BCUT2D eigenvalue weighted by atomic mass is 16.5. The molecule has 0 radical (unpaired) electrons. The monoisotopic (exact) mass is 251 g/mol. The molecule has 3 nitrogen and oxygen atoms in total. The second-order valence-corrected chi connectivity index (χ2v) is 5.20. The van der Waals surface area contributed by atoms with Gasteiger partial charge in [0.05, 0.1) is 6.61 Å². The highest BCUT2D eigenvalue weighted by Crippen LogP contribution is 2.23. The summed E-state index contributed by atoms with van der Waals surface area (Å²) in [6.07, 6.45) is 0. The summed E-state index contributed by atoms with van der Waals surface area (Å²) in [4.78, 5) is 2.32. The molecular weight excluding hydrogens is 226 g/mol. The van der Waals surface area contributed by atoms with Gasteiger partial charge in [-0.15, -0.1) is 0 Å². The number of para-hydroxylation sites is 1. The van der Waals surface area contributed by atoms with Gasteiger partial charge in [0.15, 0.2) is 0 Å². The molecule has 0 heterocycles. The maximum Gasteiger partial charge on any atom is 0.122 e. The molecule has 0 unspecified atom stereocenters. The highest BCUT2D eigenvalue weighted by molar-refractivity contribution is 5.39. The van der Waals surface area contributed by atoms with Crippen molar-refractivity contribution >= 4 is 0 Å². The van der Waals surface area contributed by atoms with Crippen molar-refractivity contribution < 1.29 is 9.84 Å². The third-order valence-electron chi connectivity index (χ3n) is 2.95. The number of aryl methyl sites for hydroxylation is 1. The summed E-state index contributed by atoms with van der Waals surface area (Å²) < 4.78 is 5.14. The first-order valence-electron chi connectivity index (χ1n) is 6.53. The molecular formula is C15H25NO2. The van der Waals surface area contributed by atoms with Crippen LogP contribution in [0.2, 0.25) is 0 Å². The molecule has 3 heteroatoms. The molecule has 1 aromatic rings. The van der Waals surface area contributed by atoms with Crippen LogP contribution in [-0.4, -0.2) is 36.8 Å². The van der Waals surface area contributed by atoms with Gasteiger partial charge in [-0.2, -0.15) is 0 Å². The van der Waals surface area contributed by atoms with Gasteiger partial charge in [0.1, 0.15) is 5.75 Å². The van der Waals surface area contributed by atoms with Crippen molar-refractivity contribution in [1.82, 2.24) is 4.90 Å². The van der Waals surface area contributed by atoms with Crippen molar-refractivity contribution in [3.63, 3.8) is 0 Å². The lowest BCUT2D eigenvalue weighted by molar-refractivity contribution is 0.135. The molecule has 18 heavy (non-hydrogen) atoms. The first-order valence-corrected chi connectivity index (χ1v) is 6.53. The van der Waals surface area contributed by atoms with E-state index in [1.165, 1.54) is 0 Å². The Balaban J connectivity index is 2.72. The third kappa shape index (κ3) is 4.67. The fourth-order valence-corrected chi connectivity index (χ4v) is 2.06. The number of ether oxygens (including phenoxy) is 1. The number of phenolic OH excluding ortho intramolecular Hbond substituents is 1. The lowest BCUT2D eigenvalue weighted by Crippen LogP contribution is -2.30. The molecule has 0 bridgehead atoms. The van der Waals surface area contributed by atoms with Crippen LogP contribution in [-0.2, 0) is 11.3 Å². The van der Waals surface area contributed by atoms with E-state index in [0.29, 0.717) is 11.7 Å². The van der Waals surface area contributed by atoms with Crippen LogP contribution < -0.4 is 0 Å². The van der Waals surface area contributed by atoms with E-state index in [9.17, 15) is 5.11 Å². The summed E-state index contributed by atoms with van der Waals surface area (Å²) in [5.74, 6) is 1.03. The standard InChI is InChI=1S/C15H25NO2/c1-12(2)10-16(8-9-18-4)11-14-7-5-6-13(3)15(14)17/h5-7,12,17H,8-11H2,1-4H3. The van der Waals surface area contributed by atoms with E-state index in [-0.39, 0.29) is 0 Å². The Kier molecular flexibility index (Phi) is 6.16. The molecule has 0 saturated heterocycles. The van der Waals surface area contributed by atoms with E-state index >= 15 is 0 Å². The van der Waals surface area contributed by atoms with E-state index in [2.05, 4.69) is 18.7 Å². The average molecular weight is 251 g/mol. The number of benzene rings is 1. The van der Waals surface area contributed by atoms with Crippen molar-refractivity contribution in [2.75, 3.05) is 26.8 Å². The van der Waals surface area contributed by atoms with Crippen LogP contribution in [0.3, 0.4) is 0 Å². The maximum atomic E-state index is 10.0. The molecule has 0 aliphatic heterocycles. The number of methoxy groups -OCH3 is 1. The van der Waals surface area contributed by atoms with Crippen molar-refractivity contribution in [2.45, 2.75) is 27.3 Å². The first kappa shape index (κ1) is 15.0. The smallest absolute Gasteiger partial charge is 0.122 e. The van der Waals surface area contributed by atoms with E-state index in [1.807, 2.05) is 25.1 Å². The number of phenols is 1. The second-order valence-electron chi connectivity index (χ2n) is 5.20. The minimum absolute atomic E-state index is 0.420. The third-order valence-corrected chi connectivity index (χ3v) is 2.95. The summed E-state index contributed by atoms with van der Waals surface area (Å²) >= 11 is 0. The van der Waals surface area contributed by atoms with Gasteiger partial charge in [0, 0.05) is 32.3 Å². The summed E-state index contributed by atoms with van der Waals surface area (Å²) in [6.45, 7) is 9.74. The van der Waals surface area contributed by atoms with Crippen molar-refractivity contribution in [1.29, 1.82) is 0 Å². The number of nitrogens with zero attached hydrogens (tertiary/aromatic N) is 1. The topological polar surface area (TPSA) is 32.7 Å². The zero-order valence-electron chi connectivity index (χ0n) is 11.9. The molecule has 1 rings (SSSR count). The minimum atomic E-state index is 0.420. The van der Waals surface area contributed by atoms with E-state index in [4.69, 9.17) is 4.74 Å². The van der Waals surface area contributed by atoms with Crippen LogP contribution in [0.1, 0.15) is 25.0 Å². The van der Waals surface area contributed by atoms with Crippen LogP contribution >= 0.6 is 0 Å². The Hall–Kier alpha value is -1.06. The highest BCUT2D eigenvalue weighted by Gasteiger charge is 2.11. The molecule has 0 atom stereocenters. The number of rotatable bonds is 7. The zero-order chi connectivity index (χ0) is 13.5. The summed E-state index contributed by atoms with van der Waals surface area (Å²) in [5.41, 5.74) is 1.93. The van der Waals surface area contributed by atoms with Crippen LogP contribution in [0, 0.1) is 12.8 Å². The Morgan fingerprint density at radius 3 is 2.67 bits per heavy atom. The first-order chi connectivity index (χ1) is 8.54. The van der Waals surface area contributed by atoms with Crippen LogP contribution in [0.25, 0.3) is 0 Å². The molecule has 0 amide bonds. The molecule has 0 fully saturated rings. The van der Waals surface area contributed by atoms with Crippen molar-refractivity contribution in [3.8, 4) is 5.75 Å². The average Bonchev–Trinajstić information content (AvgIpc) is 2.31. The summed E-state index contributed by atoms with van der Waals surface area (Å²) in [5, 5.41) is 10.0.